The van der Waals surface area contributed by atoms with Gasteiger partial charge < -0.3 is 9.42 Å². The summed E-state index contributed by atoms with van der Waals surface area (Å²) in [5.74, 6) is 1.66. The molecule has 2 aromatic heterocycles. The van der Waals surface area contributed by atoms with Gasteiger partial charge in [0.15, 0.2) is 0 Å². The first-order valence-corrected chi connectivity index (χ1v) is 7.98. The second-order valence-electron chi connectivity index (χ2n) is 7.01. The van der Waals surface area contributed by atoms with E-state index in [4.69, 9.17) is 4.52 Å². The fourth-order valence-corrected chi connectivity index (χ4v) is 2.82. The Labute approximate surface area is 135 Å². The van der Waals surface area contributed by atoms with Crippen LogP contribution in [0.25, 0.3) is 11.4 Å². The summed E-state index contributed by atoms with van der Waals surface area (Å²) in [5, 5.41) is 4.05. The second-order valence-corrected chi connectivity index (χ2v) is 7.01. The predicted molar refractivity (Wildman–Crippen MR) is 85.5 cm³/mol. The lowest BCUT2D eigenvalue weighted by Gasteiger charge is -2.34. The average Bonchev–Trinajstić information content (AvgIpc) is 3.04. The lowest BCUT2D eigenvalue weighted by Crippen LogP contribution is -2.43. The zero-order valence-corrected chi connectivity index (χ0v) is 13.8. The first-order chi connectivity index (χ1) is 10.9. The molecule has 23 heavy (non-hydrogen) atoms. The molecule has 2 aromatic rings. The molecule has 1 amide bonds. The van der Waals surface area contributed by atoms with Crippen LogP contribution >= 0.6 is 0 Å². The Bertz CT molecular complexity index is 667. The Hall–Kier alpha value is -2.24. The summed E-state index contributed by atoms with van der Waals surface area (Å²) in [6, 6.07) is 3.76. The Morgan fingerprint density at radius 1 is 1.30 bits per heavy atom. The van der Waals surface area contributed by atoms with E-state index in [1.54, 1.807) is 12.4 Å². The van der Waals surface area contributed by atoms with E-state index in [2.05, 4.69) is 15.1 Å². The molecule has 1 aliphatic heterocycles. The Morgan fingerprint density at radius 3 is 2.65 bits per heavy atom. The van der Waals surface area contributed by atoms with Crippen molar-refractivity contribution in [2.75, 3.05) is 13.1 Å². The van der Waals surface area contributed by atoms with E-state index < -0.39 is 0 Å². The molecule has 0 unspecified atom stereocenters. The fourth-order valence-electron chi connectivity index (χ4n) is 2.82. The first kappa shape index (κ1) is 15.6. The molecule has 0 saturated carbocycles. The van der Waals surface area contributed by atoms with Crippen LogP contribution < -0.4 is 0 Å². The highest BCUT2D eigenvalue weighted by molar-refractivity contribution is 5.81. The molecule has 0 radical (unpaired) electrons. The number of likely N-dealkylation sites (tertiary alicyclic amines) is 1. The van der Waals surface area contributed by atoms with Crippen LogP contribution in [0, 0.1) is 5.41 Å². The zero-order valence-electron chi connectivity index (χ0n) is 13.8. The molecule has 1 saturated heterocycles. The van der Waals surface area contributed by atoms with Crippen molar-refractivity contribution in [2.45, 2.75) is 39.5 Å². The van der Waals surface area contributed by atoms with Gasteiger partial charge in [-0.1, -0.05) is 25.9 Å². The molecule has 0 atom stereocenters. The summed E-state index contributed by atoms with van der Waals surface area (Å²) < 4.78 is 5.43. The van der Waals surface area contributed by atoms with Crippen LogP contribution in [-0.4, -0.2) is 39.0 Å². The van der Waals surface area contributed by atoms with Gasteiger partial charge in [-0.2, -0.15) is 4.98 Å². The highest BCUT2D eigenvalue weighted by Gasteiger charge is 2.32. The maximum atomic E-state index is 12.3. The molecule has 1 aliphatic rings. The van der Waals surface area contributed by atoms with Crippen LogP contribution in [0.3, 0.4) is 0 Å². The van der Waals surface area contributed by atoms with Crippen molar-refractivity contribution in [1.82, 2.24) is 20.0 Å². The smallest absolute Gasteiger partial charge is 0.230 e. The summed E-state index contributed by atoms with van der Waals surface area (Å²) in [6.45, 7) is 7.36. The maximum absolute atomic E-state index is 12.3. The van der Waals surface area contributed by atoms with Gasteiger partial charge in [0.25, 0.3) is 0 Å². The number of hydrogen-bond donors (Lipinski definition) is 0. The molecular formula is C17H22N4O2. The largest absolute Gasteiger partial charge is 0.342 e. The van der Waals surface area contributed by atoms with Crippen LogP contribution in [0.1, 0.15) is 45.4 Å². The number of rotatable bonds is 2. The van der Waals surface area contributed by atoms with Crippen LogP contribution in [0.5, 0.6) is 0 Å². The van der Waals surface area contributed by atoms with Crippen molar-refractivity contribution in [2.24, 2.45) is 5.41 Å². The van der Waals surface area contributed by atoms with Crippen LogP contribution in [0.15, 0.2) is 29.0 Å². The van der Waals surface area contributed by atoms with E-state index in [0.29, 0.717) is 11.7 Å². The van der Waals surface area contributed by atoms with Crippen molar-refractivity contribution in [3.8, 4) is 11.4 Å². The van der Waals surface area contributed by atoms with E-state index in [0.717, 1.165) is 31.5 Å². The van der Waals surface area contributed by atoms with Gasteiger partial charge >= 0.3 is 0 Å². The fraction of sp³-hybridized carbons (Fsp3) is 0.529. The standard InChI is InChI=1S/C17H22N4O2/c1-17(2,3)16(22)21-9-6-12(7-10-21)15-19-14(20-23-15)13-5-4-8-18-11-13/h4-5,8,11-12H,6-7,9-10H2,1-3H3. The van der Waals surface area contributed by atoms with Gasteiger partial charge in [0.05, 0.1) is 0 Å². The quantitative estimate of drug-likeness (QED) is 0.852. The Morgan fingerprint density at radius 2 is 2.04 bits per heavy atom. The summed E-state index contributed by atoms with van der Waals surface area (Å²) >= 11 is 0. The van der Waals surface area contributed by atoms with Crippen molar-refractivity contribution in [1.29, 1.82) is 0 Å². The van der Waals surface area contributed by atoms with Crippen molar-refractivity contribution in [3.63, 3.8) is 0 Å². The minimum atomic E-state index is -0.329. The molecule has 0 aromatic carbocycles. The summed E-state index contributed by atoms with van der Waals surface area (Å²) in [6.07, 6.45) is 5.15. The number of pyridine rings is 1. The number of amides is 1. The highest BCUT2D eigenvalue weighted by Crippen LogP contribution is 2.30. The zero-order chi connectivity index (χ0) is 16.4. The Balaban J connectivity index is 1.65. The van der Waals surface area contributed by atoms with Gasteiger partial charge in [-0.3, -0.25) is 9.78 Å². The van der Waals surface area contributed by atoms with Gasteiger partial charge in [-0.05, 0) is 25.0 Å². The minimum Gasteiger partial charge on any atom is -0.342 e. The molecule has 0 aliphatic carbocycles. The molecular weight excluding hydrogens is 292 g/mol. The van der Waals surface area contributed by atoms with Crippen molar-refractivity contribution >= 4 is 5.91 Å². The lowest BCUT2D eigenvalue weighted by atomic mass is 9.91. The number of carbonyl (C=O) groups excluding carboxylic acids is 1. The lowest BCUT2D eigenvalue weighted by molar-refractivity contribution is -0.140. The number of piperidine rings is 1. The van der Waals surface area contributed by atoms with Gasteiger partial charge in [-0.25, -0.2) is 0 Å². The van der Waals surface area contributed by atoms with Gasteiger partial charge in [0.1, 0.15) is 0 Å². The number of hydrogen-bond acceptors (Lipinski definition) is 5. The van der Waals surface area contributed by atoms with E-state index in [1.807, 2.05) is 37.8 Å². The third-order valence-corrected chi connectivity index (χ3v) is 4.13. The van der Waals surface area contributed by atoms with Gasteiger partial charge in [0.2, 0.25) is 17.6 Å². The molecule has 0 bridgehead atoms. The normalized spacial score (nSPS) is 16.6. The molecule has 1 fully saturated rings. The monoisotopic (exact) mass is 314 g/mol. The predicted octanol–water partition coefficient (Wildman–Crippen LogP) is 2.88. The van der Waals surface area contributed by atoms with E-state index in [1.165, 1.54) is 0 Å². The molecule has 0 spiro atoms. The molecule has 3 heterocycles. The van der Waals surface area contributed by atoms with Crippen LogP contribution in [0.4, 0.5) is 0 Å². The molecule has 0 N–H and O–H groups in total. The minimum absolute atomic E-state index is 0.206. The van der Waals surface area contributed by atoms with Crippen molar-refractivity contribution < 1.29 is 9.32 Å². The topological polar surface area (TPSA) is 72.1 Å². The van der Waals surface area contributed by atoms with E-state index in [9.17, 15) is 4.79 Å². The third kappa shape index (κ3) is 3.41. The Kier molecular flexibility index (Phi) is 4.15. The second kappa shape index (κ2) is 6.10. The van der Waals surface area contributed by atoms with Crippen LogP contribution in [-0.2, 0) is 4.79 Å². The van der Waals surface area contributed by atoms with E-state index in [-0.39, 0.29) is 17.2 Å². The summed E-state index contributed by atoms with van der Waals surface area (Å²) in [7, 11) is 0. The molecule has 6 heteroatoms. The van der Waals surface area contributed by atoms with Crippen molar-refractivity contribution in [3.05, 3.63) is 30.4 Å². The molecule has 6 nitrogen and oxygen atoms in total. The molecule has 122 valence electrons. The summed E-state index contributed by atoms with van der Waals surface area (Å²) in [5.41, 5.74) is 0.521. The van der Waals surface area contributed by atoms with Gasteiger partial charge in [0, 0.05) is 42.4 Å². The third-order valence-electron chi connectivity index (χ3n) is 4.13. The number of nitrogens with zero attached hydrogens (tertiary/aromatic N) is 4. The highest BCUT2D eigenvalue weighted by atomic mass is 16.5. The maximum Gasteiger partial charge on any atom is 0.230 e. The number of carbonyl (C=O) groups is 1. The molecule has 3 rings (SSSR count). The number of aromatic nitrogens is 3. The van der Waals surface area contributed by atoms with Gasteiger partial charge in [-0.15, -0.1) is 0 Å². The average molecular weight is 314 g/mol. The summed E-state index contributed by atoms with van der Waals surface area (Å²) in [4.78, 5) is 22.8. The van der Waals surface area contributed by atoms with E-state index >= 15 is 0 Å². The van der Waals surface area contributed by atoms with Crippen LogP contribution in [0.2, 0.25) is 0 Å². The first-order valence-electron chi connectivity index (χ1n) is 7.98. The SMILES string of the molecule is CC(C)(C)C(=O)N1CCC(c2nc(-c3cccnc3)no2)CC1.